The van der Waals surface area contributed by atoms with Gasteiger partial charge in [0.25, 0.3) is 0 Å². The average molecular weight is 374 g/mol. The Morgan fingerprint density at radius 2 is 1.96 bits per heavy atom. The van der Waals surface area contributed by atoms with Gasteiger partial charge < -0.3 is 9.57 Å². The minimum atomic E-state index is -3.32. The zero-order valence-electron chi connectivity index (χ0n) is 14.9. The van der Waals surface area contributed by atoms with Crippen molar-refractivity contribution in [2.75, 3.05) is 6.26 Å². The molecule has 0 fully saturated rings. The first-order chi connectivity index (χ1) is 12.5. The van der Waals surface area contributed by atoms with Gasteiger partial charge in [-0.25, -0.2) is 13.4 Å². The summed E-state index contributed by atoms with van der Waals surface area (Å²) in [5.41, 5.74) is 2.38. The maximum Gasteiger partial charge on any atom is 0.235 e. The molecule has 0 bridgehead atoms. The number of ether oxygens (including phenoxy) is 1. The highest BCUT2D eigenvalue weighted by atomic mass is 32.2. The Bertz CT molecular complexity index is 875. The summed E-state index contributed by atoms with van der Waals surface area (Å²) in [6.07, 6.45) is 6.28. The second kappa shape index (κ2) is 7.86. The molecular weight excluding hydrogens is 352 g/mol. The first kappa shape index (κ1) is 18.4. The molecule has 138 valence electrons. The van der Waals surface area contributed by atoms with Gasteiger partial charge in [0.1, 0.15) is 5.75 Å². The molecule has 0 radical (unpaired) electrons. The number of benzene rings is 1. The van der Waals surface area contributed by atoms with E-state index in [4.69, 9.17) is 9.57 Å². The van der Waals surface area contributed by atoms with Gasteiger partial charge in [0, 0.05) is 6.26 Å². The molecule has 1 aliphatic rings. The third kappa shape index (κ3) is 4.60. The highest BCUT2D eigenvalue weighted by Crippen LogP contribution is 2.28. The van der Waals surface area contributed by atoms with Gasteiger partial charge in [0.05, 0.1) is 12.6 Å². The summed E-state index contributed by atoms with van der Waals surface area (Å²) in [6.45, 7) is 2.18. The number of oxime groups is 1. The normalized spacial score (nSPS) is 16.8. The number of aromatic nitrogens is 1. The van der Waals surface area contributed by atoms with Crippen molar-refractivity contribution in [3.63, 3.8) is 0 Å². The maximum atomic E-state index is 11.4. The third-order valence-electron chi connectivity index (χ3n) is 4.14. The number of hydrogen-bond donors (Lipinski definition) is 0. The van der Waals surface area contributed by atoms with Crippen LogP contribution in [0.2, 0.25) is 0 Å². The Morgan fingerprint density at radius 1 is 1.19 bits per heavy atom. The number of nitrogens with zero attached hydrogens (tertiary/aromatic N) is 2. The smallest absolute Gasteiger partial charge is 0.235 e. The average Bonchev–Trinajstić information content (AvgIpc) is 3.08. The fourth-order valence-corrected chi connectivity index (χ4v) is 3.22. The molecule has 6 nitrogen and oxygen atoms in total. The largest absolute Gasteiger partial charge is 0.438 e. The van der Waals surface area contributed by atoms with Crippen molar-refractivity contribution in [1.82, 2.24) is 4.98 Å². The lowest BCUT2D eigenvalue weighted by atomic mass is 10.0. The summed E-state index contributed by atoms with van der Waals surface area (Å²) < 4.78 is 28.5. The number of unbranched alkanes of at least 4 members (excludes halogenated alkanes) is 1. The molecule has 26 heavy (non-hydrogen) atoms. The molecule has 2 heterocycles. The van der Waals surface area contributed by atoms with Crippen molar-refractivity contribution in [3.05, 3.63) is 53.7 Å². The van der Waals surface area contributed by atoms with E-state index in [1.807, 2.05) is 0 Å². The van der Waals surface area contributed by atoms with Crippen molar-refractivity contribution in [2.24, 2.45) is 5.16 Å². The van der Waals surface area contributed by atoms with Crippen LogP contribution in [0.1, 0.15) is 43.4 Å². The molecule has 1 atom stereocenters. The fraction of sp³-hybridized carbons (Fsp3) is 0.368. The van der Waals surface area contributed by atoms with Crippen LogP contribution in [0.25, 0.3) is 0 Å². The van der Waals surface area contributed by atoms with E-state index in [-0.39, 0.29) is 11.1 Å². The second-order valence-corrected chi connectivity index (χ2v) is 8.30. The third-order valence-corrected chi connectivity index (χ3v) is 5.14. The summed E-state index contributed by atoms with van der Waals surface area (Å²) in [7, 11) is -3.32. The number of pyridine rings is 1. The van der Waals surface area contributed by atoms with E-state index in [2.05, 4.69) is 41.3 Å². The zero-order chi connectivity index (χ0) is 18.6. The first-order valence-corrected chi connectivity index (χ1v) is 10.5. The topological polar surface area (TPSA) is 77.9 Å². The number of hydrogen-bond acceptors (Lipinski definition) is 6. The molecule has 1 aromatic heterocycles. The van der Waals surface area contributed by atoms with Crippen LogP contribution >= 0.6 is 0 Å². The van der Waals surface area contributed by atoms with Gasteiger partial charge in [-0.3, -0.25) is 0 Å². The molecule has 0 N–H and O–H groups in total. The van der Waals surface area contributed by atoms with E-state index < -0.39 is 9.84 Å². The minimum absolute atomic E-state index is 0.00972. The van der Waals surface area contributed by atoms with E-state index in [1.54, 1.807) is 6.07 Å². The van der Waals surface area contributed by atoms with Crippen LogP contribution < -0.4 is 4.74 Å². The van der Waals surface area contributed by atoms with Crippen LogP contribution in [-0.2, 0) is 21.1 Å². The molecule has 0 saturated heterocycles. The van der Waals surface area contributed by atoms with Crippen LogP contribution in [0.5, 0.6) is 5.75 Å². The molecule has 0 aliphatic carbocycles. The quantitative estimate of drug-likeness (QED) is 0.771. The lowest BCUT2D eigenvalue weighted by molar-refractivity contribution is 0.0855. The number of aryl methyl sites for hydroxylation is 1. The maximum absolute atomic E-state index is 11.4. The Hall–Kier alpha value is -2.41. The molecule has 2 aromatic rings. The summed E-state index contributed by atoms with van der Waals surface area (Å²) in [5.74, 6) is 0.870. The lowest BCUT2D eigenvalue weighted by Crippen LogP contribution is -2.08. The SMILES string of the molecule is CCCCc1ccc([C@H]2CC(Oc3ccc(S(C)(=O)=O)nc3)=NO2)cc1. The van der Waals surface area contributed by atoms with Crippen molar-refractivity contribution < 1.29 is 18.0 Å². The minimum Gasteiger partial charge on any atom is -0.438 e. The zero-order valence-corrected chi connectivity index (χ0v) is 15.7. The highest BCUT2D eigenvalue weighted by molar-refractivity contribution is 7.90. The van der Waals surface area contributed by atoms with Crippen LogP contribution in [0.15, 0.2) is 52.8 Å². The summed E-state index contributed by atoms with van der Waals surface area (Å²) in [5, 5.41) is 3.99. The summed E-state index contributed by atoms with van der Waals surface area (Å²) >= 11 is 0. The molecule has 1 aromatic carbocycles. The molecule has 3 rings (SSSR count). The monoisotopic (exact) mass is 374 g/mol. The van der Waals surface area contributed by atoms with Crippen LogP contribution in [-0.4, -0.2) is 25.6 Å². The molecule has 0 amide bonds. The van der Waals surface area contributed by atoms with Crippen molar-refractivity contribution >= 4 is 15.7 Å². The molecule has 0 saturated carbocycles. The van der Waals surface area contributed by atoms with E-state index in [0.29, 0.717) is 18.1 Å². The van der Waals surface area contributed by atoms with Crippen LogP contribution in [0, 0.1) is 0 Å². The molecule has 0 spiro atoms. The Balaban J connectivity index is 1.58. The highest BCUT2D eigenvalue weighted by Gasteiger charge is 2.24. The van der Waals surface area contributed by atoms with Crippen molar-refractivity contribution in [2.45, 2.75) is 43.7 Å². The predicted molar refractivity (Wildman–Crippen MR) is 98.9 cm³/mol. The summed E-state index contributed by atoms with van der Waals surface area (Å²) in [6, 6.07) is 11.4. The number of sulfone groups is 1. The van der Waals surface area contributed by atoms with Gasteiger partial charge in [-0.05, 0) is 36.1 Å². The lowest BCUT2D eigenvalue weighted by Gasteiger charge is -2.09. The van der Waals surface area contributed by atoms with Crippen molar-refractivity contribution in [1.29, 1.82) is 0 Å². The molecular formula is C19H22N2O4S. The fourth-order valence-electron chi connectivity index (χ4n) is 2.66. The predicted octanol–water partition coefficient (Wildman–Crippen LogP) is 3.68. The second-order valence-electron chi connectivity index (χ2n) is 6.33. The van der Waals surface area contributed by atoms with Gasteiger partial charge >= 0.3 is 0 Å². The van der Waals surface area contributed by atoms with Gasteiger partial charge in [-0.2, -0.15) is 0 Å². The Kier molecular flexibility index (Phi) is 5.56. The Labute approximate surface area is 153 Å². The molecule has 1 aliphatic heterocycles. The molecule has 7 heteroatoms. The van der Waals surface area contributed by atoms with E-state index in [1.165, 1.54) is 30.7 Å². The van der Waals surface area contributed by atoms with Gasteiger partial charge in [0.15, 0.2) is 21.0 Å². The van der Waals surface area contributed by atoms with Gasteiger partial charge in [-0.1, -0.05) is 42.8 Å². The molecule has 0 unspecified atom stereocenters. The van der Waals surface area contributed by atoms with Crippen molar-refractivity contribution in [3.8, 4) is 5.75 Å². The summed E-state index contributed by atoms with van der Waals surface area (Å²) in [4.78, 5) is 9.36. The van der Waals surface area contributed by atoms with E-state index in [0.717, 1.165) is 18.2 Å². The van der Waals surface area contributed by atoms with E-state index in [9.17, 15) is 8.42 Å². The first-order valence-electron chi connectivity index (χ1n) is 8.61. The number of rotatable bonds is 6. The van der Waals surface area contributed by atoms with Crippen LogP contribution in [0.4, 0.5) is 0 Å². The Morgan fingerprint density at radius 3 is 2.58 bits per heavy atom. The van der Waals surface area contributed by atoms with Crippen LogP contribution in [0.3, 0.4) is 0 Å². The van der Waals surface area contributed by atoms with E-state index >= 15 is 0 Å². The van der Waals surface area contributed by atoms with Gasteiger partial charge in [0.2, 0.25) is 5.90 Å². The van der Waals surface area contributed by atoms with Gasteiger partial charge in [-0.15, -0.1) is 0 Å². The standard InChI is InChI=1S/C19H22N2O4S/c1-3-4-5-14-6-8-15(9-7-14)17-12-18(21-25-17)24-16-10-11-19(20-13-16)26(2,22)23/h6-11,13,17H,3-5,12H2,1-2H3/t17-/m1/s1.